The standard InChI is InChI=1S/C21H24N4O/c1-14(2)26-18-11-9-17(10-12-18)24-20-13-21(23-16(4)22-20)25-19-8-6-5-7-15(19)3/h5-14H,1-4H3,(H2,22,23,24,25). The second-order valence-electron chi connectivity index (χ2n) is 6.44. The molecule has 0 bridgehead atoms. The number of nitrogens with one attached hydrogen (secondary N) is 2. The van der Waals surface area contributed by atoms with Gasteiger partial charge in [-0.05, 0) is 63.6 Å². The molecule has 0 unspecified atom stereocenters. The molecule has 0 amide bonds. The first-order chi connectivity index (χ1) is 12.5. The van der Waals surface area contributed by atoms with Crippen LogP contribution in [0.4, 0.5) is 23.0 Å². The van der Waals surface area contributed by atoms with E-state index in [1.54, 1.807) is 0 Å². The largest absolute Gasteiger partial charge is 0.491 e. The average molecular weight is 348 g/mol. The van der Waals surface area contributed by atoms with E-state index in [0.717, 1.165) is 28.8 Å². The molecule has 3 aromatic rings. The predicted octanol–water partition coefficient (Wildman–Crippen LogP) is 5.37. The predicted molar refractivity (Wildman–Crippen MR) is 107 cm³/mol. The summed E-state index contributed by atoms with van der Waals surface area (Å²) >= 11 is 0. The summed E-state index contributed by atoms with van der Waals surface area (Å²) in [5.41, 5.74) is 3.15. The molecule has 134 valence electrons. The molecule has 0 radical (unpaired) electrons. The van der Waals surface area contributed by atoms with Gasteiger partial charge in [-0.2, -0.15) is 0 Å². The molecule has 1 heterocycles. The summed E-state index contributed by atoms with van der Waals surface area (Å²) in [6.45, 7) is 7.97. The zero-order valence-corrected chi connectivity index (χ0v) is 15.6. The first-order valence-electron chi connectivity index (χ1n) is 8.72. The highest BCUT2D eigenvalue weighted by molar-refractivity contribution is 5.65. The Kier molecular flexibility index (Phi) is 5.37. The molecule has 3 rings (SSSR count). The number of aryl methyl sites for hydroxylation is 2. The van der Waals surface area contributed by atoms with Crippen LogP contribution >= 0.6 is 0 Å². The molecule has 5 nitrogen and oxygen atoms in total. The molecule has 2 N–H and O–H groups in total. The fourth-order valence-corrected chi connectivity index (χ4v) is 2.58. The van der Waals surface area contributed by atoms with Crippen LogP contribution in [0.5, 0.6) is 5.75 Å². The maximum absolute atomic E-state index is 5.67. The van der Waals surface area contributed by atoms with E-state index >= 15 is 0 Å². The number of rotatable bonds is 6. The van der Waals surface area contributed by atoms with Crippen molar-refractivity contribution in [2.24, 2.45) is 0 Å². The van der Waals surface area contributed by atoms with Crippen molar-refractivity contribution >= 4 is 23.0 Å². The van der Waals surface area contributed by atoms with Gasteiger partial charge in [0.1, 0.15) is 23.2 Å². The first-order valence-corrected chi connectivity index (χ1v) is 8.72. The van der Waals surface area contributed by atoms with Crippen LogP contribution < -0.4 is 15.4 Å². The lowest BCUT2D eigenvalue weighted by atomic mass is 10.2. The Bertz CT molecular complexity index is 875. The Morgan fingerprint density at radius 2 is 1.50 bits per heavy atom. The third kappa shape index (κ3) is 4.72. The number of aromatic nitrogens is 2. The van der Waals surface area contributed by atoms with Crippen LogP contribution in [-0.2, 0) is 0 Å². The van der Waals surface area contributed by atoms with Crippen molar-refractivity contribution in [3.8, 4) is 5.75 Å². The van der Waals surface area contributed by atoms with Crippen molar-refractivity contribution in [1.29, 1.82) is 0 Å². The summed E-state index contributed by atoms with van der Waals surface area (Å²) in [5.74, 6) is 3.05. The van der Waals surface area contributed by atoms with Crippen molar-refractivity contribution in [3.63, 3.8) is 0 Å². The summed E-state index contributed by atoms with van der Waals surface area (Å²) in [5, 5.41) is 6.68. The van der Waals surface area contributed by atoms with E-state index in [4.69, 9.17) is 4.74 Å². The number of para-hydroxylation sites is 1. The molecule has 0 saturated heterocycles. The summed E-state index contributed by atoms with van der Waals surface area (Å²) in [7, 11) is 0. The number of anilines is 4. The molecule has 5 heteroatoms. The lowest BCUT2D eigenvalue weighted by Crippen LogP contribution is -2.05. The van der Waals surface area contributed by atoms with Crippen LogP contribution in [-0.4, -0.2) is 16.1 Å². The van der Waals surface area contributed by atoms with Gasteiger partial charge in [0.15, 0.2) is 0 Å². The van der Waals surface area contributed by atoms with Gasteiger partial charge in [0.25, 0.3) is 0 Å². The van der Waals surface area contributed by atoms with Crippen LogP contribution in [0, 0.1) is 13.8 Å². The normalized spacial score (nSPS) is 10.7. The molecular formula is C21H24N4O. The Morgan fingerprint density at radius 3 is 2.15 bits per heavy atom. The molecule has 0 aliphatic heterocycles. The highest BCUT2D eigenvalue weighted by atomic mass is 16.5. The first kappa shape index (κ1) is 17.7. The number of ether oxygens (including phenoxy) is 1. The van der Waals surface area contributed by atoms with Crippen LogP contribution in [0.15, 0.2) is 54.6 Å². The molecule has 0 aliphatic carbocycles. The molecule has 0 aliphatic rings. The van der Waals surface area contributed by atoms with Crippen LogP contribution in [0.1, 0.15) is 25.2 Å². The molecule has 0 saturated carbocycles. The lowest BCUT2D eigenvalue weighted by molar-refractivity contribution is 0.242. The quantitative estimate of drug-likeness (QED) is 0.627. The van der Waals surface area contributed by atoms with Crippen molar-refractivity contribution in [2.45, 2.75) is 33.8 Å². The molecule has 26 heavy (non-hydrogen) atoms. The van der Waals surface area contributed by atoms with Gasteiger partial charge in [-0.1, -0.05) is 18.2 Å². The van der Waals surface area contributed by atoms with E-state index < -0.39 is 0 Å². The second kappa shape index (κ2) is 7.87. The Morgan fingerprint density at radius 1 is 0.846 bits per heavy atom. The fraction of sp³-hybridized carbons (Fsp3) is 0.238. The van der Waals surface area contributed by atoms with E-state index in [1.165, 1.54) is 5.56 Å². The van der Waals surface area contributed by atoms with Gasteiger partial charge in [0, 0.05) is 17.4 Å². The maximum Gasteiger partial charge on any atom is 0.136 e. The minimum Gasteiger partial charge on any atom is -0.491 e. The maximum atomic E-state index is 5.67. The zero-order chi connectivity index (χ0) is 18.5. The van der Waals surface area contributed by atoms with Crippen molar-refractivity contribution in [3.05, 3.63) is 66.0 Å². The number of hydrogen-bond donors (Lipinski definition) is 2. The summed E-state index contributed by atoms with van der Waals surface area (Å²) in [6.07, 6.45) is 0.161. The molecule has 0 fully saturated rings. The van der Waals surface area contributed by atoms with E-state index in [1.807, 2.05) is 69.3 Å². The van der Waals surface area contributed by atoms with Crippen molar-refractivity contribution in [1.82, 2.24) is 9.97 Å². The summed E-state index contributed by atoms with van der Waals surface area (Å²) < 4.78 is 5.67. The van der Waals surface area contributed by atoms with Crippen molar-refractivity contribution in [2.75, 3.05) is 10.6 Å². The van der Waals surface area contributed by atoms with Gasteiger partial charge in [0.05, 0.1) is 6.10 Å². The van der Waals surface area contributed by atoms with Crippen LogP contribution in [0.3, 0.4) is 0 Å². The van der Waals surface area contributed by atoms with E-state index in [2.05, 4.69) is 33.6 Å². The van der Waals surface area contributed by atoms with Gasteiger partial charge < -0.3 is 15.4 Å². The van der Waals surface area contributed by atoms with E-state index in [-0.39, 0.29) is 6.10 Å². The second-order valence-corrected chi connectivity index (χ2v) is 6.44. The smallest absolute Gasteiger partial charge is 0.136 e. The van der Waals surface area contributed by atoms with Gasteiger partial charge in [0.2, 0.25) is 0 Å². The number of hydrogen-bond acceptors (Lipinski definition) is 5. The fourth-order valence-electron chi connectivity index (χ4n) is 2.58. The van der Waals surface area contributed by atoms with Crippen LogP contribution in [0.2, 0.25) is 0 Å². The lowest BCUT2D eigenvalue weighted by Gasteiger charge is -2.13. The monoisotopic (exact) mass is 348 g/mol. The Hall–Kier alpha value is -3.08. The van der Waals surface area contributed by atoms with Gasteiger partial charge in [-0.15, -0.1) is 0 Å². The van der Waals surface area contributed by atoms with Gasteiger partial charge >= 0.3 is 0 Å². The molecule has 0 atom stereocenters. The molecular weight excluding hydrogens is 324 g/mol. The third-order valence-corrected chi connectivity index (χ3v) is 3.74. The minimum atomic E-state index is 0.161. The molecule has 0 spiro atoms. The SMILES string of the molecule is Cc1nc(Nc2ccc(OC(C)C)cc2)cc(Nc2ccccc2C)n1. The van der Waals surface area contributed by atoms with E-state index in [9.17, 15) is 0 Å². The minimum absolute atomic E-state index is 0.161. The summed E-state index contributed by atoms with van der Waals surface area (Å²) in [4.78, 5) is 8.95. The van der Waals surface area contributed by atoms with Crippen LogP contribution in [0.25, 0.3) is 0 Å². The topological polar surface area (TPSA) is 59.1 Å². The average Bonchev–Trinajstić information content (AvgIpc) is 2.58. The Balaban J connectivity index is 1.76. The van der Waals surface area contributed by atoms with Gasteiger partial charge in [-0.3, -0.25) is 0 Å². The van der Waals surface area contributed by atoms with E-state index in [0.29, 0.717) is 5.82 Å². The molecule has 2 aromatic carbocycles. The van der Waals surface area contributed by atoms with Gasteiger partial charge in [-0.25, -0.2) is 9.97 Å². The third-order valence-electron chi connectivity index (χ3n) is 3.74. The van der Waals surface area contributed by atoms with Crippen molar-refractivity contribution < 1.29 is 4.74 Å². The zero-order valence-electron chi connectivity index (χ0n) is 15.6. The highest BCUT2D eigenvalue weighted by Crippen LogP contribution is 2.23. The molecule has 1 aromatic heterocycles. The highest BCUT2D eigenvalue weighted by Gasteiger charge is 2.05. The summed E-state index contributed by atoms with van der Waals surface area (Å²) in [6, 6.07) is 17.9. The number of nitrogens with zero attached hydrogens (tertiary/aromatic N) is 2. The Labute approximate surface area is 154 Å². The number of benzene rings is 2.